The first kappa shape index (κ1) is 10.8. The van der Waals surface area contributed by atoms with Gasteiger partial charge in [0.15, 0.2) is 0 Å². The number of benzene rings is 1. The number of hydrogen-bond donors (Lipinski definition) is 0. The van der Waals surface area contributed by atoms with Crippen LogP contribution in [0.15, 0.2) is 12.1 Å². The van der Waals surface area contributed by atoms with Gasteiger partial charge in [-0.3, -0.25) is 0 Å². The van der Waals surface area contributed by atoms with Gasteiger partial charge in [0.05, 0.1) is 0 Å². The maximum absolute atomic E-state index is 2.41. The van der Waals surface area contributed by atoms with Gasteiger partial charge in [-0.2, -0.15) is 0 Å². The summed E-state index contributed by atoms with van der Waals surface area (Å²) in [6, 6.07) is 4.56. The molecule has 0 amide bonds. The molecule has 0 N–H and O–H groups in total. The van der Waals surface area contributed by atoms with E-state index in [0.717, 1.165) is 0 Å². The normalized spacial score (nSPS) is 10.8. The number of halogens is 2. The van der Waals surface area contributed by atoms with E-state index in [1.165, 1.54) is 18.3 Å². The molecule has 0 heterocycles. The van der Waals surface area contributed by atoms with Crippen molar-refractivity contribution < 1.29 is 0 Å². The molecule has 0 saturated carbocycles. The Balaban J connectivity index is 3.23. The molecule has 0 fully saturated rings. The lowest BCUT2D eigenvalue weighted by atomic mass is 10.0. The number of rotatable bonds is 1. The van der Waals surface area contributed by atoms with Crippen molar-refractivity contribution in [1.29, 1.82) is 0 Å². The predicted octanol–water partition coefficient (Wildman–Crippen LogP) is 4.33. The van der Waals surface area contributed by atoms with Crippen molar-refractivity contribution in [3.05, 3.63) is 30.4 Å². The van der Waals surface area contributed by atoms with E-state index >= 15 is 0 Å². The van der Waals surface area contributed by atoms with Gasteiger partial charge in [0.25, 0.3) is 0 Å². The molecule has 2 heteroatoms. The minimum atomic E-state index is 0.631. The van der Waals surface area contributed by atoms with E-state index in [2.05, 4.69) is 78.1 Å². The van der Waals surface area contributed by atoms with Crippen LogP contribution in [0.2, 0.25) is 0 Å². The molecule has 1 aromatic carbocycles. The Morgan fingerprint density at radius 1 is 1.08 bits per heavy atom. The summed E-state index contributed by atoms with van der Waals surface area (Å²) in [5, 5.41) is 0. The van der Waals surface area contributed by atoms with Crippen molar-refractivity contribution >= 4 is 45.2 Å². The zero-order valence-corrected chi connectivity index (χ0v) is 11.8. The molecule has 0 aliphatic rings. The van der Waals surface area contributed by atoms with Crippen molar-refractivity contribution in [3.63, 3.8) is 0 Å². The zero-order chi connectivity index (χ0) is 9.30. The van der Waals surface area contributed by atoms with Crippen LogP contribution in [0.3, 0.4) is 0 Å². The maximum Gasteiger partial charge on any atom is 0.0168 e. The van der Waals surface area contributed by atoms with Gasteiger partial charge in [-0.15, -0.1) is 0 Å². The second-order valence-electron chi connectivity index (χ2n) is 3.28. The first-order valence-corrected chi connectivity index (χ1v) is 6.13. The fourth-order valence-corrected chi connectivity index (χ4v) is 2.84. The highest BCUT2D eigenvalue weighted by atomic mass is 127. The van der Waals surface area contributed by atoms with Crippen molar-refractivity contribution in [3.8, 4) is 0 Å². The molecule has 0 nitrogen and oxygen atoms in total. The molecule has 66 valence electrons. The van der Waals surface area contributed by atoms with Crippen LogP contribution in [0.1, 0.15) is 30.9 Å². The van der Waals surface area contributed by atoms with Crippen molar-refractivity contribution in [2.24, 2.45) is 0 Å². The van der Waals surface area contributed by atoms with Crippen LogP contribution in [0.4, 0.5) is 0 Å². The van der Waals surface area contributed by atoms with Crippen LogP contribution in [0.5, 0.6) is 0 Å². The third kappa shape index (κ3) is 2.34. The Labute approximate surface area is 101 Å². The molecule has 0 spiro atoms. The van der Waals surface area contributed by atoms with E-state index in [9.17, 15) is 0 Å². The minimum absolute atomic E-state index is 0.631. The Hall–Kier alpha value is 0.680. The predicted molar refractivity (Wildman–Crippen MR) is 70.7 cm³/mol. The van der Waals surface area contributed by atoms with Gasteiger partial charge in [0.1, 0.15) is 0 Å². The van der Waals surface area contributed by atoms with E-state index in [-0.39, 0.29) is 0 Å². The SMILES string of the molecule is Cc1cc(I)c(C(C)C)cc1I. The van der Waals surface area contributed by atoms with Gasteiger partial charge in [-0.25, -0.2) is 0 Å². The van der Waals surface area contributed by atoms with Crippen molar-refractivity contribution in [2.45, 2.75) is 26.7 Å². The fraction of sp³-hybridized carbons (Fsp3) is 0.400. The highest BCUT2D eigenvalue weighted by molar-refractivity contribution is 14.1. The summed E-state index contributed by atoms with van der Waals surface area (Å²) in [4.78, 5) is 0. The van der Waals surface area contributed by atoms with Crippen molar-refractivity contribution in [1.82, 2.24) is 0 Å². The molecule has 0 unspecified atom stereocenters. The summed E-state index contributed by atoms with van der Waals surface area (Å²) in [6.45, 7) is 6.64. The van der Waals surface area contributed by atoms with E-state index in [0.29, 0.717) is 5.92 Å². The lowest BCUT2D eigenvalue weighted by Crippen LogP contribution is -1.94. The quantitative estimate of drug-likeness (QED) is 0.631. The van der Waals surface area contributed by atoms with Crippen LogP contribution in [0.25, 0.3) is 0 Å². The summed E-state index contributed by atoms with van der Waals surface area (Å²) in [7, 11) is 0. The summed E-state index contributed by atoms with van der Waals surface area (Å²) < 4.78 is 2.76. The third-order valence-corrected chi connectivity index (χ3v) is 4.00. The third-order valence-electron chi connectivity index (χ3n) is 1.90. The molecule has 0 aliphatic heterocycles. The topological polar surface area (TPSA) is 0 Å². The van der Waals surface area contributed by atoms with E-state index in [1.807, 2.05) is 0 Å². The van der Waals surface area contributed by atoms with Gasteiger partial charge in [0, 0.05) is 7.14 Å². The molecular formula is C10H12I2. The molecule has 0 saturated heterocycles. The van der Waals surface area contributed by atoms with Crippen molar-refractivity contribution in [2.75, 3.05) is 0 Å². The van der Waals surface area contributed by atoms with Gasteiger partial charge < -0.3 is 0 Å². The zero-order valence-electron chi connectivity index (χ0n) is 7.49. The number of aryl methyl sites for hydroxylation is 1. The van der Waals surface area contributed by atoms with E-state index in [4.69, 9.17) is 0 Å². The number of hydrogen-bond acceptors (Lipinski definition) is 0. The van der Waals surface area contributed by atoms with E-state index in [1.54, 1.807) is 0 Å². The highest BCUT2D eigenvalue weighted by Crippen LogP contribution is 2.25. The molecule has 1 aromatic rings. The molecular weight excluding hydrogens is 374 g/mol. The minimum Gasteiger partial charge on any atom is -0.0586 e. The van der Waals surface area contributed by atoms with Gasteiger partial charge in [-0.1, -0.05) is 13.8 Å². The molecule has 0 atom stereocenters. The molecule has 0 aliphatic carbocycles. The summed E-state index contributed by atoms with van der Waals surface area (Å²) in [6.07, 6.45) is 0. The Kier molecular flexibility index (Phi) is 3.82. The maximum atomic E-state index is 2.41. The summed E-state index contributed by atoms with van der Waals surface area (Å²) in [5.41, 5.74) is 2.84. The Bertz CT molecular complexity index is 290. The van der Waals surface area contributed by atoms with Crippen LogP contribution in [0, 0.1) is 14.1 Å². The smallest absolute Gasteiger partial charge is 0.0168 e. The average Bonchev–Trinajstić information content (AvgIpc) is 1.96. The molecule has 0 aromatic heterocycles. The van der Waals surface area contributed by atoms with Gasteiger partial charge in [0.2, 0.25) is 0 Å². The molecule has 0 radical (unpaired) electrons. The Morgan fingerprint density at radius 2 is 1.67 bits per heavy atom. The average molecular weight is 386 g/mol. The monoisotopic (exact) mass is 386 g/mol. The van der Waals surface area contributed by atoms with Gasteiger partial charge >= 0.3 is 0 Å². The van der Waals surface area contributed by atoms with Crippen LogP contribution >= 0.6 is 45.2 Å². The first-order valence-electron chi connectivity index (χ1n) is 3.98. The molecule has 12 heavy (non-hydrogen) atoms. The van der Waals surface area contributed by atoms with Crippen LogP contribution in [-0.2, 0) is 0 Å². The fourth-order valence-electron chi connectivity index (χ4n) is 1.10. The lowest BCUT2D eigenvalue weighted by Gasteiger charge is -2.10. The lowest BCUT2D eigenvalue weighted by molar-refractivity contribution is 0.858. The summed E-state index contributed by atoms with van der Waals surface area (Å²) in [5.74, 6) is 0.631. The standard InChI is InChI=1S/C10H12I2/c1-6(2)8-5-9(11)7(3)4-10(8)12/h4-6H,1-3H3. The van der Waals surface area contributed by atoms with E-state index < -0.39 is 0 Å². The molecule has 1 rings (SSSR count). The summed E-state index contributed by atoms with van der Waals surface area (Å²) >= 11 is 4.81. The highest BCUT2D eigenvalue weighted by Gasteiger charge is 2.06. The first-order chi connectivity index (χ1) is 5.52. The second-order valence-corrected chi connectivity index (χ2v) is 5.60. The van der Waals surface area contributed by atoms with Crippen LogP contribution < -0.4 is 0 Å². The van der Waals surface area contributed by atoms with Gasteiger partial charge in [-0.05, 0) is 81.3 Å². The molecule has 0 bridgehead atoms. The van der Waals surface area contributed by atoms with Crippen LogP contribution in [-0.4, -0.2) is 0 Å². The second kappa shape index (κ2) is 4.26. The Morgan fingerprint density at radius 3 is 2.17 bits per heavy atom. The largest absolute Gasteiger partial charge is 0.0586 e.